The SMILES string of the molecule is CN(C(=O)COC(=O)Cc1ccccc1F)[C@]1(c2ccccc2Cl)CCCCC1=O. The van der Waals surface area contributed by atoms with Crippen LogP contribution < -0.4 is 0 Å². The van der Waals surface area contributed by atoms with Crippen LogP contribution in [0, 0.1) is 5.82 Å². The number of likely N-dealkylation sites (N-methyl/N-ethyl adjacent to an activating group) is 1. The van der Waals surface area contributed by atoms with Gasteiger partial charge in [0.25, 0.3) is 5.91 Å². The molecule has 7 heteroatoms. The molecular weight excluding hydrogens is 409 g/mol. The zero-order valence-electron chi connectivity index (χ0n) is 16.7. The van der Waals surface area contributed by atoms with Crippen LogP contribution in [0.15, 0.2) is 48.5 Å². The van der Waals surface area contributed by atoms with Gasteiger partial charge in [-0.15, -0.1) is 0 Å². The highest BCUT2D eigenvalue weighted by Crippen LogP contribution is 2.42. The zero-order chi connectivity index (χ0) is 21.7. The minimum absolute atomic E-state index is 0.0876. The summed E-state index contributed by atoms with van der Waals surface area (Å²) < 4.78 is 18.8. The molecule has 0 bridgehead atoms. The largest absolute Gasteiger partial charge is 0.455 e. The molecule has 0 spiro atoms. The third-order valence-electron chi connectivity index (χ3n) is 5.57. The standard InChI is InChI=1S/C23H23ClFNO4/c1-26(21(28)15-30-22(29)14-16-8-2-5-11-19(16)25)23(13-7-6-12-20(23)27)17-9-3-4-10-18(17)24/h2-5,8-11H,6-7,12-15H2,1H3/t23-/m0/s1. The van der Waals surface area contributed by atoms with Crippen LogP contribution in [0.5, 0.6) is 0 Å². The molecule has 2 aromatic carbocycles. The first kappa shape index (κ1) is 22.0. The van der Waals surface area contributed by atoms with E-state index < -0.39 is 29.8 Å². The van der Waals surface area contributed by atoms with Crippen molar-refractivity contribution >= 4 is 29.3 Å². The van der Waals surface area contributed by atoms with Crippen LogP contribution in [0.2, 0.25) is 5.02 Å². The fourth-order valence-corrected chi connectivity index (χ4v) is 4.22. The summed E-state index contributed by atoms with van der Waals surface area (Å²) in [7, 11) is 1.53. The molecule has 0 unspecified atom stereocenters. The number of esters is 1. The first-order chi connectivity index (χ1) is 14.4. The van der Waals surface area contributed by atoms with Gasteiger partial charge in [-0.1, -0.05) is 48.0 Å². The summed E-state index contributed by atoms with van der Waals surface area (Å²) in [5.41, 5.74) is -0.422. The molecule has 0 aliphatic heterocycles. The van der Waals surface area contributed by atoms with E-state index in [2.05, 4.69) is 0 Å². The minimum atomic E-state index is -1.19. The Kier molecular flexibility index (Phi) is 6.87. The van der Waals surface area contributed by atoms with Gasteiger partial charge in [0.2, 0.25) is 0 Å². The summed E-state index contributed by atoms with van der Waals surface area (Å²) in [6, 6.07) is 12.9. The second-order valence-corrected chi connectivity index (χ2v) is 7.76. The van der Waals surface area contributed by atoms with Crippen molar-refractivity contribution < 1.29 is 23.5 Å². The van der Waals surface area contributed by atoms with E-state index in [1.807, 2.05) is 0 Å². The molecule has 1 amide bonds. The van der Waals surface area contributed by atoms with Crippen molar-refractivity contribution in [2.24, 2.45) is 0 Å². The molecule has 0 N–H and O–H groups in total. The summed E-state index contributed by atoms with van der Waals surface area (Å²) in [6.07, 6.45) is 2.03. The lowest BCUT2D eigenvalue weighted by atomic mass is 9.74. The third-order valence-corrected chi connectivity index (χ3v) is 5.90. The number of amides is 1. The van der Waals surface area contributed by atoms with E-state index >= 15 is 0 Å². The molecule has 3 rings (SSSR count). The van der Waals surface area contributed by atoms with Crippen LogP contribution in [0.25, 0.3) is 0 Å². The summed E-state index contributed by atoms with van der Waals surface area (Å²) in [4.78, 5) is 39.3. The molecule has 2 aromatic rings. The number of benzene rings is 2. The average Bonchev–Trinajstić information content (AvgIpc) is 2.74. The molecule has 5 nitrogen and oxygen atoms in total. The first-order valence-corrected chi connectivity index (χ1v) is 10.2. The fraction of sp³-hybridized carbons (Fsp3) is 0.348. The third kappa shape index (κ3) is 4.38. The Morgan fingerprint density at radius 3 is 2.53 bits per heavy atom. The predicted molar refractivity (Wildman–Crippen MR) is 110 cm³/mol. The lowest BCUT2D eigenvalue weighted by molar-refractivity contribution is -0.157. The van der Waals surface area contributed by atoms with Crippen molar-refractivity contribution in [2.45, 2.75) is 37.6 Å². The highest BCUT2D eigenvalue weighted by molar-refractivity contribution is 6.31. The number of nitrogens with zero attached hydrogens (tertiary/aromatic N) is 1. The molecule has 0 aromatic heterocycles. The normalized spacial score (nSPS) is 18.7. The average molecular weight is 432 g/mol. The number of rotatable bonds is 6. The van der Waals surface area contributed by atoms with Gasteiger partial charge in [-0.2, -0.15) is 0 Å². The maximum atomic E-state index is 13.7. The van der Waals surface area contributed by atoms with Crippen LogP contribution >= 0.6 is 11.6 Å². The molecule has 0 radical (unpaired) electrons. The van der Waals surface area contributed by atoms with Crippen molar-refractivity contribution in [1.29, 1.82) is 0 Å². The molecule has 158 valence electrons. The Balaban J connectivity index is 1.75. The van der Waals surface area contributed by atoms with Crippen LogP contribution in [-0.2, 0) is 31.1 Å². The number of halogens is 2. The second-order valence-electron chi connectivity index (χ2n) is 7.35. The Bertz CT molecular complexity index is 964. The van der Waals surface area contributed by atoms with Crippen molar-refractivity contribution in [2.75, 3.05) is 13.7 Å². The molecule has 1 aliphatic carbocycles. The molecular formula is C23H23ClFNO4. The van der Waals surface area contributed by atoms with Crippen molar-refractivity contribution in [3.63, 3.8) is 0 Å². The Labute approximate surface area is 179 Å². The number of ether oxygens (including phenoxy) is 1. The molecule has 1 atom stereocenters. The summed E-state index contributed by atoms with van der Waals surface area (Å²) >= 11 is 6.38. The monoisotopic (exact) mass is 431 g/mol. The van der Waals surface area contributed by atoms with Crippen molar-refractivity contribution in [3.8, 4) is 0 Å². The van der Waals surface area contributed by atoms with Gasteiger partial charge in [-0.3, -0.25) is 14.4 Å². The lowest BCUT2D eigenvalue weighted by Gasteiger charge is -2.43. The van der Waals surface area contributed by atoms with Gasteiger partial charge in [0.05, 0.1) is 6.42 Å². The number of carbonyl (C=O) groups excluding carboxylic acids is 3. The topological polar surface area (TPSA) is 63.7 Å². The Morgan fingerprint density at radius 1 is 1.13 bits per heavy atom. The number of hydrogen-bond donors (Lipinski definition) is 0. The highest BCUT2D eigenvalue weighted by atomic mass is 35.5. The van der Waals surface area contributed by atoms with E-state index in [1.54, 1.807) is 30.3 Å². The quantitative estimate of drug-likeness (QED) is 0.647. The van der Waals surface area contributed by atoms with E-state index in [0.29, 0.717) is 23.4 Å². The second kappa shape index (κ2) is 9.39. The number of ketones is 1. The smallest absolute Gasteiger partial charge is 0.310 e. The molecule has 30 heavy (non-hydrogen) atoms. The van der Waals surface area contributed by atoms with E-state index in [4.69, 9.17) is 16.3 Å². The lowest BCUT2D eigenvalue weighted by Crippen LogP contribution is -2.55. The van der Waals surface area contributed by atoms with E-state index in [0.717, 1.165) is 12.8 Å². The maximum absolute atomic E-state index is 13.7. The number of Topliss-reactive ketones (excluding diaryl/α,β-unsaturated/α-hetero) is 1. The number of carbonyl (C=O) groups is 3. The summed E-state index contributed by atoms with van der Waals surface area (Å²) in [6.45, 7) is -0.538. The molecule has 1 saturated carbocycles. The van der Waals surface area contributed by atoms with Gasteiger partial charge in [-0.05, 0) is 37.0 Å². The van der Waals surface area contributed by atoms with Crippen LogP contribution in [0.1, 0.15) is 36.8 Å². The molecule has 0 saturated heterocycles. The minimum Gasteiger partial charge on any atom is -0.455 e. The van der Waals surface area contributed by atoms with Gasteiger partial charge in [0, 0.05) is 24.1 Å². The first-order valence-electron chi connectivity index (χ1n) is 9.80. The Hall–Kier alpha value is -2.73. The summed E-state index contributed by atoms with van der Waals surface area (Å²) in [5.74, 6) is -1.84. The van der Waals surface area contributed by atoms with Crippen LogP contribution in [0.3, 0.4) is 0 Å². The van der Waals surface area contributed by atoms with E-state index in [9.17, 15) is 18.8 Å². The fourth-order valence-electron chi connectivity index (χ4n) is 3.93. The van der Waals surface area contributed by atoms with Gasteiger partial charge >= 0.3 is 5.97 Å². The van der Waals surface area contributed by atoms with Crippen molar-refractivity contribution in [3.05, 3.63) is 70.5 Å². The highest BCUT2D eigenvalue weighted by Gasteiger charge is 2.47. The Morgan fingerprint density at radius 2 is 1.83 bits per heavy atom. The van der Waals surface area contributed by atoms with Gasteiger partial charge in [0.15, 0.2) is 12.4 Å². The summed E-state index contributed by atoms with van der Waals surface area (Å²) in [5, 5.41) is 0.406. The number of hydrogen-bond acceptors (Lipinski definition) is 4. The maximum Gasteiger partial charge on any atom is 0.310 e. The van der Waals surface area contributed by atoms with Crippen molar-refractivity contribution in [1.82, 2.24) is 4.90 Å². The van der Waals surface area contributed by atoms with Crippen LogP contribution in [0.4, 0.5) is 4.39 Å². The molecule has 1 aliphatic rings. The van der Waals surface area contributed by atoms with Gasteiger partial charge in [0.1, 0.15) is 11.4 Å². The zero-order valence-corrected chi connectivity index (χ0v) is 17.5. The van der Waals surface area contributed by atoms with E-state index in [1.165, 1.54) is 30.1 Å². The van der Waals surface area contributed by atoms with Gasteiger partial charge in [-0.25, -0.2) is 4.39 Å². The van der Waals surface area contributed by atoms with Gasteiger partial charge < -0.3 is 9.64 Å². The molecule has 1 fully saturated rings. The molecule has 0 heterocycles. The predicted octanol–water partition coefficient (Wildman–Crippen LogP) is 4.06. The van der Waals surface area contributed by atoms with E-state index in [-0.39, 0.29) is 17.8 Å². The van der Waals surface area contributed by atoms with Crippen LogP contribution in [-0.4, -0.2) is 36.2 Å².